The van der Waals surface area contributed by atoms with Crippen LogP contribution in [0.2, 0.25) is 0 Å². The van der Waals surface area contributed by atoms with Crippen LogP contribution in [0.4, 0.5) is 4.79 Å². The molecule has 0 saturated carbocycles. The van der Waals surface area contributed by atoms with Crippen LogP contribution in [-0.4, -0.2) is 67.5 Å². The molecule has 1 rings (SSSR count). The van der Waals surface area contributed by atoms with Gasteiger partial charge in [0, 0.05) is 38.5 Å². The van der Waals surface area contributed by atoms with Gasteiger partial charge < -0.3 is 19.7 Å². The molecule has 0 aromatic carbocycles. The maximum atomic E-state index is 12.3. The third-order valence-corrected chi connectivity index (χ3v) is 5.27. The van der Waals surface area contributed by atoms with Crippen molar-refractivity contribution in [2.45, 2.75) is 52.7 Å². The second kappa shape index (κ2) is 9.14. The van der Waals surface area contributed by atoms with E-state index in [9.17, 15) is 4.79 Å². The Morgan fingerprint density at radius 1 is 1.35 bits per heavy atom. The van der Waals surface area contributed by atoms with E-state index in [4.69, 9.17) is 9.47 Å². The zero-order valence-electron chi connectivity index (χ0n) is 15.6. The molecule has 1 amide bonds. The van der Waals surface area contributed by atoms with Gasteiger partial charge in [-0.25, -0.2) is 4.79 Å². The average Bonchev–Trinajstić information content (AvgIpc) is 2.39. The summed E-state index contributed by atoms with van der Waals surface area (Å²) in [6.45, 7) is 12.8. The molecule has 1 aliphatic heterocycles. The number of hydrogen-bond donors (Lipinski definition) is 1. The molecule has 5 nitrogen and oxygen atoms in total. The smallest absolute Gasteiger partial charge is 0.410 e. The van der Waals surface area contributed by atoms with Gasteiger partial charge >= 0.3 is 6.09 Å². The van der Waals surface area contributed by atoms with Gasteiger partial charge in [-0.2, -0.15) is 11.8 Å². The van der Waals surface area contributed by atoms with Crippen LogP contribution in [0.25, 0.3) is 0 Å². The van der Waals surface area contributed by atoms with E-state index >= 15 is 0 Å². The summed E-state index contributed by atoms with van der Waals surface area (Å²) in [5.41, 5.74) is -0.0820. The van der Waals surface area contributed by atoms with Crippen LogP contribution < -0.4 is 5.32 Å². The van der Waals surface area contributed by atoms with E-state index in [1.54, 1.807) is 12.0 Å². The van der Waals surface area contributed by atoms with Gasteiger partial charge in [0.1, 0.15) is 5.60 Å². The molecule has 1 aliphatic rings. The number of carbonyl (C=O) groups excluding carboxylic acids is 1. The van der Waals surface area contributed by atoms with Gasteiger partial charge in [-0.3, -0.25) is 0 Å². The third kappa shape index (κ3) is 8.82. The Morgan fingerprint density at radius 3 is 2.61 bits per heavy atom. The number of nitrogens with zero attached hydrogens (tertiary/aromatic N) is 1. The second-order valence-electron chi connectivity index (χ2n) is 7.99. The van der Waals surface area contributed by atoms with Crippen LogP contribution in [-0.2, 0) is 9.47 Å². The molecule has 23 heavy (non-hydrogen) atoms. The standard InChI is InChI=1S/C17H34N2O3S/c1-16(2,3)22-15(20)19(9-10-21-6)8-7-18-14-11-17(4,5)13-23-12-14/h14,18H,7-13H2,1-6H3. The summed E-state index contributed by atoms with van der Waals surface area (Å²) in [6, 6.07) is 0.520. The first kappa shape index (κ1) is 20.6. The molecule has 0 aromatic heterocycles. The first-order valence-corrected chi connectivity index (χ1v) is 9.56. The number of thioether (sulfide) groups is 1. The van der Waals surface area contributed by atoms with Crippen molar-refractivity contribution in [3.05, 3.63) is 0 Å². The Bertz CT molecular complexity index is 369. The number of nitrogens with one attached hydrogen (secondary N) is 1. The van der Waals surface area contributed by atoms with Gasteiger partial charge in [-0.15, -0.1) is 0 Å². The Morgan fingerprint density at radius 2 is 2.04 bits per heavy atom. The topological polar surface area (TPSA) is 50.8 Å². The first-order valence-electron chi connectivity index (χ1n) is 8.41. The van der Waals surface area contributed by atoms with Crippen molar-refractivity contribution >= 4 is 17.9 Å². The molecule has 1 N–H and O–H groups in total. The van der Waals surface area contributed by atoms with Gasteiger partial charge in [-0.1, -0.05) is 13.8 Å². The Kier molecular flexibility index (Phi) is 8.18. The molecule has 0 spiro atoms. The molecular formula is C17H34N2O3S. The van der Waals surface area contributed by atoms with E-state index in [2.05, 4.69) is 19.2 Å². The fourth-order valence-electron chi connectivity index (χ4n) is 2.62. The van der Waals surface area contributed by atoms with Crippen molar-refractivity contribution in [2.75, 3.05) is 44.9 Å². The predicted molar refractivity (Wildman–Crippen MR) is 97.2 cm³/mol. The van der Waals surface area contributed by atoms with E-state index in [0.29, 0.717) is 31.2 Å². The van der Waals surface area contributed by atoms with Gasteiger partial charge in [-0.05, 0) is 38.4 Å². The molecule has 0 aromatic rings. The van der Waals surface area contributed by atoms with Gasteiger partial charge in [0.2, 0.25) is 0 Å². The summed E-state index contributed by atoms with van der Waals surface area (Å²) >= 11 is 2.01. The third-order valence-electron chi connectivity index (χ3n) is 3.64. The Labute approximate surface area is 145 Å². The van der Waals surface area contributed by atoms with E-state index in [-0.39, 0.29) is 6.09 Å². The predicted octanol–water partition coefficient (Wildman–Crippen LogP) is 2.99. The highest BCUT2D eigenvalue weighted by atomic mass is 32.2. The number of carbonyl (C=O) groups is 1. The lowest BCUT2D eigenvalue weighted by Crippen LogP contribution is -2.46. The normalized spacial score (nSPS) is 21.0. The maximum Gasteiger partial charge on any atom is 0.410 e. The second-order valence-corrected chi connectivity index (χ2v) is 9.02. The Balaban J connectivity index is 2.42. The van der Waals surface area contributed by atoms with Crippen molar-refractivity contribution in [3.63, 3.8) is 0 Å². The lowest BCUT2D eigenvalue weighted by Gasteiger charge is -2.35. The molecule has 136 valence electrons. The molecule has 1 fully saturated rings. The van der Waals surface area contributed by atoms with E-state index < -0.39 is 5.60 Å². The first-order chi connectivity index (χ1) is 10.6. The Hall–Kier alpha value is -0.460. The maximum absolute atomic E-state index is 12.3. The van der Waals surface area contributed by atoms with Crippen LogP contribution in [0, 0.1) is 5.41 Å². The zero-order chi connectivity index (χ0) is 17.5. The lowest BCUT2D eigenvalue weighted by atomic mass is 9.88. The van der Waals surface area contributed by atoms with Crippen LogP contribution in [0.3, 0.4) is 0 Å². The quantitative estimate of drug-likeness (QED) is 0.768. The summed E-state index contributed by atoms with van der Waals surface area (Å²) in [6.07, 6.45) is 0.916. The highest BCUT2D eigenvalue weighted by molar-refractivity contribution is 7.99. The highest BCUT2D eigenvalue weighted by Crippen LogP contribution is 2.33. The minimum Gasteiger partial charge on any atom is -0.444 e. The summed E-state index contributed by atoms with van der Waals surface area (Å²) in [5, 5.41) is 3.59. The number of amides is 1. The van der Waals surface area contributed by atoms with E-state index in [0.717, 1.165) is 12.3 Å². The zero-order valence-corrected chi connectivity index (χ0v) is 16.4. The molecule has 1 saturated heterocycles. The summed E-state index contributed by atoms with van der Waals surface area (Å²) in [5.74, 6) is 2.37. The van der Waals surface area contributed by atoms with Crippen molar-refractivity contribution < 1.29 is 14.3 Å². The monoisotopic (exact) mass is 346 g/mol. The van der Waals surface area contributed by atoms with E-state index in [1.165, 1.54) is 12.2 Å². The number of rotatable bonds is 7. The fraction of sp³-hybridized carbons (Fsp3) is 0.941. The number of methoxy groups -OCH3 is 1. The summed E-state index contributed by atoms with van der Waals surface area (Å²) < 4.78 is 10.6. The minimum absolute atomic E-state index is 0.269. The largest absolute Gasteiger partial charge is 0.444 e. The highest BCUT2D eigenvalue weighted by Gasteiger charge is 2.28. The molecule has 0 aliphatic carbocycles. The average molecular weight is 347 g/mol. The van der Waals surface area contributed by atoms with Crippen LogP contribution in [0.5, 0.6) is 0 Å². The number of ether oxygens (including phenoxy) is 2. The van der Waals surface area contributed by atoms with Crippen molar-refractivity contribution in [1.82, 2.24) is 10.2 Å². The molecule has 0 radical (unpaired) electrons. The van der Waals surface area contributed by atoms with E-state index in [1.807, 2.05) is 32.5 Å². The van der Waals surface area contributed by atoms with Crippen molar-refractivity contribution in [1.29, 1.82) is 0 Å². The SMILES string of the molecule is COCCN(CCNC1CSCC(C)(C)C1)C(=O)OC(C)(C)C. The van der Waals surface area contributed by atoms with Crippen LogP contribution in [0.1, 0.15) is 41.0 Å². The summed E-state index contributed by atoms with van der Waals surface area (Å²) in [4.78, 5) is 14.0. The molecule has 1 heterocycles. The van der Waals surface area contributed by atoms with Gasteiger partial charge in [0.25, 0.3) is 0 Å². The molecular weight excluding hydrogens is 312 g/mol. The lowest BCUT2D eigenvalue weighted by molar-refractivity contribution is 0.0202. The van der Waals surface area contributed by atoms with Crippen LogP contribution in [0.15, 0.2) is 0 Å². The molecule has 0 bridgehead atoms. The number of hydrogen-bond acceptors (Lipinski definition) is 5. The minimum atomic E-state index is -0.472. The molecule has 1 atom stereocenters. The van der Waals surface area contributed by atoms with Crippen molar-refractivity contribution in [2.24, 2.45) is 5.41 Å². The molecule has 1 unspecified atom stereocenters. The van der Waals surface area contributed by atoms with Crippen molar-refractivity contribution in [3.8, 4) is 0 Å². The van der Waals surface area contributed by atoms with Gasteiger partial charge in [0.15, 0.2) is 0 Å². The molecule has 6 heteroatoms. The fourth-order valence-corrected chi connectivity index (χ4v) is 3.93. The van der Waals surface area contributed by atoms with Gasteiger partial charge in [0.05, 0.1) is 6.61 Å². The summed E-state index contributed by atoms with van der Waals surface area (Å²) in [7, 11) is 1.65. The van der Waals surface area contributed by atoms with Crippen LogP contribution >= 0.6 is 11.8 Å².